The summed E-state index contributed by atoms with van der Waals surface area (Å²) in [5.74, 6) is -7.21. The third-order valence-electron chi connectivity index (χ3n) is 3.30. The maximum absolute atomic E-state index is 12.6. The van der Waals surface area contributed by atoms with Crippen molar-refractivity contribution in [2.45, 2.75) is 32.1 Å². The van der Waals surface area contributed by atoms with Gasteiger partial charge in [-0.1, -0.05) is 6.92 Å². The van der Waals surface area contributed by atoms with E-state index in [0.29, 0.717) is 0 Å². The summed E-state index contributed by atoms with van der Waals surface area (Å²) in [4.78, 5) is 0. The Hall–Kier alpha value is -0.490. The topological polar surface area (TPSA) is 0 Å². The van der Waals surface area contributed by atoms with Gasteiger partial charge in [0.05, 0.1) is 18.5 Å². The molecule has 1 aliphatic rings. The Bertz CT molecular complexity index is 254. The van der Waals surface area contributed by atoms with E-state index in [1.54, 1.807) is 0 Å². The van der Waals surface area contributed by atoms with Gasteiger partial charge in [0, 0.05) is 0 Å². The van der Waals surface area contributed by atoms with Crippen LogP contribution in [0.2, 0.25) is 0 Å². The summed E-state index contributed by atoms with van der Waals surface area (Å²) in [6.45, 7) is 0.0646. The number of halogens is 7. The lowest BCUT2D eigenvalue weighted by Crippen LogP contribution is -2.48. The summed E-state index contributed by atoms with van der Waals surface area (Å²) < 4.78 is 88.1. The van der Waals surface area contributed by atoms with E-state index in [2.05, 4.69) is 0 Å². The molecule has 0 nitrogen and oxygen atoms in total. The van der Waals surface area contributed by atoms with Gasteiger partial charge in [-0.25, -0.2) is 0 Å². The third kappa shape index (κ3) is 3.25. The molecule has 17 heavy (non-hydrogen) atoms. The zero-order valence-corrected chi connectivity index (χ0v) is 9.08. The van der Waals surface area contributed by atoms with E-state index >= 15 is 0 Å². The fourth-order valence-corrected chi connectivity index (χ4v) is 2.66. The zero-order valence-electron chi connectivity index (χ0n) is 9.08. The predicted molar refractivity (Wildman–Crippen MR) is 47.0 cm³/mol. The van der Waals surface area contributed by atoms with Crippen LogP contribution in [0.25, 0.3) is 0 Å². The second kappa shape index (κ2) is 4.65. The zero-order chi connectivity index (χ0) is 13.4. The van der Waals surface area contributed by atoms with E-state index in [4.69, 9.17) is 0 Å². The molecule has 1 fully saturated rings. The predicted octanol–water partition coefficient (Wildman–Crippen LogP) is 4.36. The van der Waals surface area contributed by atoms with Crippen molar-refractivity contribution in [3.63, 3.8) is 0 Å². The molecule has 4 atom stereocenters. The minimum absolute atomic E-state index is 0.146. The first kappa shape index (κ1) is 14.6. The van der Waals surface area contributed by atoms with E-state index in [-0.39, 0.29) is 6.42 Å². The van der Waals surface area contributed by atoms with Crippen LogP contribution in [0.1, 0.15) is 19.8 Å². The van der Waals surface area contributed by atoms with Crippen molar-refractivity contribution in [2.24, 2.45) is 23.7 Å². The molecule has 0 radical (unpaired) electrons. The third-order valence-corrected chi connectivity index (χ3v) is 3.30. The Balaban J connectivity index is 3.05. The average Bonchev–Trinajstić information content (AvgIpc) is 2.12. The van der Waals surface area contributed by atoms with Gasteiger partial charge in [-0.3, -0.25) is 4.39 Å². The van der Waals surface area contributed by atoms with Gasteiger partial charge in [0.25, 0.3) is 0 Å². The van der Waals surface area contributed by atoms with Gasteiger partial charge in [-0.05, 0) is 24.7 Å². The Labute approximate surface area is 94.2 Å². The summed E-state index contributed by atoms with van der Waals surface area (Å²) in [5.41, 5.74) is 0. The molecular formula is C10H13F7. The molecule has 0 N–H and O–H groups in total. The highest BCUT2D eigenvalue weighted by Crippen LogP contribution is 2.52. The molecular weight excluding hydrogens is 253 g/mol. The first-order valence-corrected chi connectivity index (χ1v) is 5.26. The molecule has 0 heterocycles. The molecule has 0 amide bonds. The lowest BCUT2D eigenvalue weighted by Gasteiger charge is -2.41. The van der Waals surface area contributed by atoms with Gasteiger partial charge >= 0.3 is 12.4 Å². The molecule has 0 aromatic heterocycles. The van der Waals surface area contributed by atoms with Crippen molar-refractivity contribution < 1.29 is 30.7 Å². The first-order valence-electron chi connectivity index (χ1n) is 5.26. The number of hydrogen-bond acceptors (Lipinski definition) is 0. The standard InChI is InChI=1S/C10H13F7/c1-5-2-6(4-11)8(10(15,16)17)7(3-5)9(12,13)14/h5-8H,2-4H2,1H3/t5-,6?,7?,8?/m0/s1. The molecule has 0 bridgehead atoms. The Morgan fingerprint density at radius 3 is 1.82 bits per heavy atom. The van der Waals surface area contributed by atoms with E-state index in [1.165, 1.54) is 6.92 Å². The largest absolute Gasteiger partial charge is 0.392 e. The molecule has 0 saturated heterocycles. The molecule has 0 spiro atoms. The molecule has 1 saturated carbocycles. The van der Waals surface area contributed by atoms with Gasteiger partial charge < -0.3 is 0 Å². The summed E-state index contributed by atoms with van der Waals surface area (Å²) in [6.07, 6.45) is -10.7. The van der Waals surface area contributed by atoms with Gasteiger partial charge in [0.15, 0.2) is 0 Å². The lowest BCUT2D eigenvalue weighted by atomic mass is 9.68. The summed E-state index contributed by atoms with van der Waals surface area (Å²) in [6, 6.07) is 0. The molecule has 3 unspecified atom stereocenters. The van der Waals surface area contributed by atoms with E-state index in [0.717, 1.165) is 0 Å². The molecule has 0 aromatic rings. The fourth-order valence-electron chi connectivity index (χ4n) is 2.66. The quantitative estimate of drug-likeness (QED) is 0.618. The van der Waals surface area contributed by atoms with Crippen LogP contribution in [0.3, 0.4) is 0 Å². The van der Waals surface area contributed by atoms with Crippen molar-refractivity contribution in [3.05, 3.63) is 0 Å². The summed E-state index contributed by atoms with van der Waals surface area (Å²) >= 11 is 0. The van der Waals surface area contributed by atoms with Gasteiger partial charge in [-0.2, -0.15) is 26.3 Å². The molecule has 102 valence electrons. The molecule has 1 aliphatic carbocycles. The first-order chi connectivity index (χ1) is 7.57. The number of hydrogen-bond donors (Lipinski definition) is 0. The summed E-state index contributed by atoms with van der Waals surface area (Å²) in [5, 5.41) is 0. The van der Waals surface area contributed by atoms with Gasteiger partial charge in [-0.15, -0.1) is 0 Å². The molecule has 1 rings (SSSR count). The van der Waals surface area contributed by atoms with Gasteiger partial charge in [0.1, 0.15) is 0 Å². The van der Waals surface area contributed by atoms with Crippen molar-refractivity contribution in [1.29, 1.82) is 0 Å². The van der Waals surface area contributed by atoms with Crippen LogP contribution in [-0.2, 0) is 0 Å². The van der Waals surface area contributed by atoms with Crippen LogP contribution in [0.5, 0.6) is 0 Å². The number of rotatable bonds is 1. The van der Waals surface area contributed by atoms with Crippen LogP contribution >= 0.6 is 0 Å². The minimum atomic E-state index is -5.00. The lowest BCUT2D eigenvalue weighted by molar-refractivity contribution is -0.279. The Kier molecular flexibility index (Phi) is 3.98. The normalized spacial score (nSPS) is 36.0. The van der Waals surface area contributed by atoms with Crippen LogP contribution in [0.4, 0.5) is 30.7 Å². The van der Waals surface area contributed by atoms with Gasteiger partial charge in [0.2, 0.25) is 0 Å². The monoisotopic (exact) mass is 266 g/mol. The smallest absolute Gasteiger partial charge is 0.251 e. The maximum Gasteiger partial charge on any atom is 0.392 e. The minimum Gasteiger partial charge on any atom is -0.251 e. The van der Waals surface area contributed by atoms with Crippen LogP contribution in [-0.4, -0.2) is 19.0 Å². The van der Waals surface area contributed by atoms with E-state index < -0.39 is 49.1 Å². The second-order valence-corrected chi connectivity index (χ2v) is 4.71. The SMILES string of the molecule is C[C@H]1CC(CF)C(C(F)(F)F)C(C(F)(F)F)C1. The van der Waals surface area contributed by atoms with Crippen molar-refractivity contribution in [3.8, 4) is 0 Å². The van der Waals surface area contributed by atoms with Crippen molar-refractivity contribution in [2.75, 3.05) is 6.67 Å². The molecule has 0 aliphatic heterocycles. The van der Waals surface area contributed by atoms with Crippen LogP contribution < -0.4 is 0 Å². The second-order valence-electron chi connectivity index (χ2n) is 4.71. The van der Waals surface area contributed by atoms with Crippen molar-refractivity contribution >= 4 is 0 Å². The Morgan fingerprint density at radius 2 is 1.47 bits per heavy atom. The molecule has 7 heteroatoms. The van der Waals surface area contributed by atoms with E-state index in [1.807, 2.05) is 0 Å². The maximum atomic E-state index is 12.6. The van der Waals surface area contributed by atoms with Crippen molar-refractivity contribution in [1.82, 2.24) is 0 Å². The van der Waals surface area contributed by atoms with Crippen LogP contribution in [0, 0.1) is 23.7 Å². The Morgan fingerprint density at radius 1 is 0.941 bits per heavy atom. The fraction of sp³-hybridized carbons (Fsp3) is 1.00. The highest BCUT2D eigenvalue weighted by atomic mass is 19.4. The van der Waals surface area contributed by atoms with Crippen LogP contribution in [0.15, 0.2) is 0 Å². The number of alkyl halides is 7. The summed E-state index contributed by atoms with van der Waals surface area (Å²) in [7, 11) is 0. The average molecular weight is 266 g/mol. The molecule has 0 aromatic carbocycles. The van der Waals surface area contributed by atoms with E-state index in [9.17, 15) is 30.7 Å². The highest BCUT2D eigenvalue weighted by molar-refractivity contribution is 4.91. The highest BCUT2D eigenvalue weighted by Gasteiger charge is 2.59.